The lowest BCUT2D eigenvalue weighted by Gasteiger charge is -2.01. The van der Waals surface area contributed by atoms with E-state index >= 15 is 0 Å². The van der Waals surface area contributed by atoms with Crippen molar-refractivity contribution in [2.45, 2.75) is 26.7 Å². The second kappa shape index (κ2) is 6.39. The maximum atomic E-state index is 10.5. The number of hydrogen-bond donors (Lipinski definition) is 0. The summed E-state index contributed by atoms with van der Waals surface area (Å²) < 4.78 is 9.19. The first-order valence-electron chi connectivity index (χ1n) is 3.60. The zero-order valence-corrected chi connectivity index (χ0v) is 6.55. The van der Waals surface area contributed by atoms with Crippen molar-refractivity contribution in [2.75, 3.05) is 13.2 Å². The van der Waals surface area contributed by atoms with Crippen molar-refractivity contribution in [1.29, 1.82) is 0 Å². The van der Waals surface area contributed by atoms with Crippen molar-refractivity contribution in [3.05, 3.63) is 0 Å². The zero-order valence-electron chi connectivity index (χ0n) is 6.55. The molecule has 0 amide bonds. The Hall–Kier alpha value is -0.730. The quantitative estimate of drug-likeness (QED) is 0.449. The van der Waals surface area contributed by atoms with Crippen LogP contribution >= 0.6 is 0 Å². The van der Waals surface area contributed by atoms with E-state index in [0.29, 0.717) is 13.2 Å². The third-order valence-corrected chi connectivity index (χ3v) is 0.980. The average molecular weight is 146 g/mol. The molecule has 0 radical (unpaired) electrons. The van der Waals surface area contributed by atoms with Crippen molar-refractivity contribution in [2.24, 2.45) is 0 Å². The topological polar surface area (TPSA) is 35.5 Å². The van der Waals surface area contributed by atoms with Crippen LogP contribution in [-0.2, 0) is 9.47 Å². The summed E-state index contributed by atoms with van der Waals surface area (Å²) in [5.41, 5.74) is 0. The van der Waals surface area contributed by atoms with Gasteiger partial charge >= 0.3 is 6.16 Å². The average Bonchev–Trinajstić information content (AvgIpc) is 1.89. The zero-order chi connectivity index (χ0) is 7.82. The van der Waals surface area contributed by atoms with Gasteiger partial charge in [0.2, 0.25) is 0 Å². The number of unbranched alkanes of at least 4 members (excludes halogenated alkanes) is 1. The summed E-state index contributed by atoms with van der Waals surface area (Å²) in [5.74, 6) is 0. The molecule has 0 unspecified atom stereocenters. The Kier molecular flexibility index (Phi) is 5.92. The van der Waals surface area contributed by atoms with Gasteiger partial charge in [-0.15, -0.1) is 0 Å². The van der Waals surface area contributed by atoms with Crippen molar-refractivity contribution in [1.82, 2.24) is 0 Å². The number of hydrogen-bond acceptors (Lipinski definition) is 3. The second-order valence-corrected chi connectivity index (χ2v) is 1.89. The molecule has 0 aromatic rings. The van der Waals surface area contributed by atoms with Gasteiger partial charge in [-0.1, -0.05) is 13.3 Å². The van der Waals surface area contributed by atoms with Crippen LogP contribution in [-0.4, -0.2) is 19.4 Å². The summed E-state index contributed by atoms with van der Waals surface area (Å²) in [6.45, 7) is 4.63. The van der Waals surface area contributed by atoms with Gasteiger partial charge in [0.1, 0.15) is 0 Å². The second-order valence-electron chi connectivity index (χ2n) is 1.89. The minimum absolute atomic E-state index is 0.380. The minimum atomic E-state index is -0.559. The fourth-order valence-corrected chi connectivity index (χ4v) is 0.459. The molecule has 0 saturated carbocycles. The van der Waals surface area contributed by atoms with E-state index in [1.54, 1.807) is 6.92 Å². The number of carbonyl (C=O) groups is 1. The third-order valence-electron chi connectivity index (χ3n) is 0.980. The SMILES string of the molecule is CCCCOC(=O)OCC. The Labute approximate surface area is 61.3 Å². The van der Waals surface area contributed by atoms with Crippen LogP contribution in [0.25, 0.3) is 0 Å². The normalized spacial score (nSPS) is 9.00. The molecule has 0 N–H and O–H groups in total. The van der Waals surface area contributed by atoms with Crippen molar-refractivity contribution < 1.29 is 14.3 Å². The van der Waals surface area contributed by atoms with Crippen LogP contribution in [0.3, 0.4) is 0 Å². The molecule has 10 heavy (non-hydrogen) atoms. The predicted molar refractivity (Wildman–Crippen MR) is 37.9 cm³/mol. The highest BCUT2D eigenvalue weighted by atomic mass is 16.7. The van der Waals surface area contributed by atoms with E-state index in [1.807, 2.05) is 6.92 Å². The smallest absolute Gasteiger partial charge is 0.435 e. The summed E-state index contributed by atoms with van der Waals surface area (Å²) >= 11 is 0. The van der Waals surface area contributed by atoms with E-state index in [1.165, 1.54) is 0 Å². The highest BCUT2D eigenvalue weighted by Crippen LogP contribution is 1.90. The van der Waals surface area contributed by atoms with Gasteiger partial charge in [-0.2, -0.15) is 0 Å². The molecule has 0 heterocycles. The number of ether oxygens (including phenoxy) is 2. The molecular formula is C7H14O3. The lowest BCUT2D eigenvalue weighted by atomic mass is 10.4. The third kappa shape index (κ3) is 5.41. The highest BCUT2D eigenvalue weighted by molar-refractivity contribution is 5.59. The van der Waals surface area contributed by atoms with Gasteiger partial charge in [0.25, 0.3) is 0 Å². The lowest BCUT2D eigenvalue weighted by molar-refractivity contribution is 0.0582. The molecule has 60 valence electrons. The molecule has 0 aliphatic heterocycles. The van der Waals surface area contributed by atoms with E-state index in [2.05, 4.69) is 9.47 Å². The highest BCUT2D eigenvalue weighted by Gasteiger charge is 1.98. The van der Waals surface area contributed by atoms with Crippen LogP contribution in [0.2, 0.25) is 0 Å². The van der Waals surface area contributed by atoms with Gasteiger partial charge in [0, 0.05) is 0 Å². The molecule has 0 rings (SSSR count). The molecule has 0 aliphatic rings. The standard InChI is InChI=1S/C7H14O3/c1-3-5-6-10-7(8)9-4-2/h3-6H2,1-2H3. The van der Waals surface area contributed by atoms with Gasteiger partial charge < -0.3 is 9.47 Å². The van der Waals surface area contributed by atoms with E-state index < -0.39 is 6.16 Å². The molecular weight excluding hydrogens is 132 g/mol. The van der Waals surface area contributed by atoms with Gasteiger partial charge in [0.15, 0.2) is 0 Å². The fraction of sp³-hybridized carbons (Fsp3) is 0.857. The van der Waals surface area contributed by atoms with Crippen LogP contribution in [0, 0.1) is 0 Å². The van der Waals surface area contributed by atoms with E-state index in [9.17, 15) is 4.79 Å². The molecule has 0 aliphatic carbocycles. The molecule has 3 nitrogen and oxygen atoms in total. The van der Waals surface area contributed by atoms with Gasteiger partial charge in [-0.3, -0.25) is 0 Å². The van der Waals surface area contributed by atoms with E-state index in [0.717, 1.165) is 12.8 Å². The summed E-state index contributed by atoms with van der Waals surface area (Å²) in [6, 6.07) is 0. The Morgan fingerprint density at radius 2 is 2.00 bits per heavy atom. The minimum Gasteiger partial charge on any atom is -0.435 e. The molecule has 0 atom stereocenters. The monoisotopic (exact) mass is 146 g/mol. The van der Waals surface area contributed by atoms with Gasteiger partial charge in [-0.25, -0.2) is 4.79 Å². The van der Waals surface area contributed by atoms with Crippen molar-refractivity contribution >= 4 is 6.16 Å². The van der Waals surface area contributed by atoms with Crippen LogP contribution in [0.1, 0.15) is 26.7 Å². The molecule has 3 heteroatoms. The van der Waals surface area contributed by atoms with Crippen LogP contribution in [0.4, 0.5) is 4.79 Å². The first kappa shape index (κ1) is 9.27. The maximum absolute atomic E-state index is 10.5. The van der Waals surface area contributed by atoms with Crippen LogP contribution in [0.15, 0.2) is 0 Å². The van der Waals surface area contributed by atoms with Gasteiger partial charge in [-0.05, 0) is 13.3 Å². The molecule has 0 spiro atoms. The van der Waals surface area contributed by atoms with E-state index in [4.69, 9.17) is 0 Å². The Bertz CT molecular complexity index is 90.9. The number of carbonyl (C=O) groups excluding carboxylic acids is 1. The molecule has 0 saturated heterocycles. The molecule has 0 bridgehead atoms. The Balaban J connectivity index is 3.05. The summed E-state index contributed by atoms with van der Waals surface area (Å²) in [5, 5.41) is 0. The molecule has 0 fully saturated rings. The lowest BCUT2D eigenvalue weighted by Crippen LogP contribution is -2.07. The summed E-state index contributed by atoms with van der Waals surface area (Å²) in [6.07, 6.45) is 1.37. The van der Waals surface area contributed by atoms with Crippen molar-refractivity contribution in [3.8, 4) is 0 Å². The summed E-state index contributed by atoms with van der Waals surface area (Å²) in [4.78, 5) is 10.5. The molecule has 0 aromatic heterocycles. The van der Waals surface area contributed by atoms with Crippen LogP contribution in [0.5, 0.6) is 0 Å². The summed E-state index contributed by atoms with van der Waals surface area (Å²) in [7, 11) is 0. The predicted octanol–water partition coefficient (Wildman–Crippen LogP) is 1.96. The van der Waals surface area contributed by atoms with Gasteiger partial charge in [0.05, 0.1) is 13.2 Å². The molecule has 0 aromatic carbocycles. The first-order valence-corrected chi connectivity index (χ1v) is 3.60. The maximum Gasteiger partial charge on any atom is 0.508 e. The first-order chi connectivity index (χ1) is 4.81. The van der Waals surface area contributed by atoms with Crippen LogP contribution < -0.4 is 0 Å². The fourth-order valence-electron chi connectivity index (χ4n) is 0.459. The largest absolute Gasteiger partial charge is 0.508 e. The van der Waals surface area contributed by atoms with Crippen molar-refractivity contribution in [3.63, 3.8) is 0 Å². The Morgan fingerprint density at radius 3 is 2.50 bits per heavy atom. The number of rotatable bonds is 4. The Morgan fingerprint density at radius 1 is 1.30 bits per heavy atom. The van der Waals surface area contributed by atoms with E-state index in [-0.39, 0.29) is 0 Å².